The lowest BCUT2D eigenvalue weighted by Gasteiger charge is -2.26. The predicted molar refractivity (Wildman–Crippen MR) is 150 cm³/mol. The Balaban J connectivity index is 2.65. The van der Waals surface area contributed by atoms with Crippen LogP contribution in [0, 0.1) is 5.92 Å². The van der Waals surface area contributed by atoms with E-state index in [0.29, 0.717) is 43.2 Å². The second-order valence-corrected chi connectivity index (χ2v) is 11.9. The Hall–Kier alpha value is -2.36. The lowest BCUT2D eigenvalue weighted by molar-refractivity contribution is -0.152. The summed E-state index contributed by atoms with van der Waals surface area (Å²) in [6.45, 7) is 9.17. The fourth-order valence-corrected chi connectivity index (χ4v) is 4.67. The maximum absolute atomic E-state index is 13.1. The minimum atomic E-state index is -1.29. The SMILES string of the molecule is CCC(=O)OCOC(=O)SC[C@H](CC(=O)C(C)(C)SC(=O)OCOC(=O)CC)C(=O)OCCCCN1CCOCC1. The zero-order valence-electron chi connectivity index (χ0n) is 24.1. The van der Waals surface area contributed by atoms with E-state index in [4.69, 9.17) is 28.4 Å². The highest BCUT2D eigenvalue weighted by Gasteiger charge is 2.36. The maximum atomic E-state index is 13.1. The largest absolute Gasteiger partial charge is 0.465 e. The molecule has 0 aromatic heterocycles. The van der Waals surface area contributed by atoms with Crippen molar-refractivity contribution in [2.45, 2.75) is 64.5 Å². The summed E-state index contributed by atoms with van der Waals surface area (Å²) in [5.41, 5.74) is 0. The number of carbonyl (C=O) groups excluding carboxylic acids is 6. The summed E-state index contributed by atoms with van der Waals surface area (Å²) in [7, 11) is 0. The number of ketones is 1. The van der Waals surface area contributed by atoms with Gasteiger partial charge in [-0.3, -0.25) is 24.1 Å². The molecule has 1 aliphatic heterocycles. The molecule has 41 heavy (non-hydrogen) atoms. The highest BCUT2D eigenvalue weighted by molar-refractivity contribution is 8.15. The second kappa shape index (κ2) is 20.5. The topological polar surface area (TPSA) is 161 Å². The van der Waals surface area contributed by atoms with Gasteiger partial charge in [0.25, 0.3) is 0 Å². The first kappa shape index (κ1) is 36.7. The van der Waals surface area contributed by atoms with Gasteiger partial charge in [-0.1, -0.05) is 13.8 Å². The summed E-state index contributed by atoms with van der Waals surface area (Å²) in [6, 6.07) is 0. The fourth-order valence-electron chi connectivity index (χ4n) is 3.23. The van der Waals surface area contributed by atoms with Crippen molar-refractivity contribution < 1.29 is 57.2 Å². The van der Waals surface area contributed by atoms with Gasteiger partial charge in [-0.15, -0.1) is 0 Å². The molecule has 1 saturated heterocycles. The third kappa shape index (κ3) is 16.6. The van der Waals surface area contributed by atoms with E-state index in [2.05, 4.69) is 4.90 Å². The molecule has 0 radical (unpaired) electrons. The van der Waals surface area contributed by atoms with Crippen LogP contribution in [-0.4, -0.2) is 103 Å². The Bertz CT molecular complexity index is 877. The van der Waals surface area contributed by atoms with Crippen molar-refractivity contribution in [2.24, 2.45) is 5.92 Å². The van der Waals surface area contributed by atoms with Gasteiger partial charge in [0.15, 0.2) is 0 Å². The molecule has 1 rings (SSSR count). The first-order chi connectivity index (χ1) is 19.5. The molecule has 1 fully saturated rings. The molecular weight excluding hydrogens is 582 g/mol. The summed E-state index contributed by atoms with van der Waals surface area (Å²) in [5, 5.41) is -1.62. The van der Waals surface area contributed by atoms with E-state index in [9.17, 15) is 28.8 Å². The van der Waals surface area contributed by atoms with Crippen LogP contribution < -0.4 is 0 Å². The fraction of sp³-hybridized carbons (Fsp3) is 0.769. The van der Waals surface area contributed by atoms with Gasteiger partial charge in [-0.05, 0) is 56.8 Å². The van der Waals surface area contributed by atoms with Gasteiger partial charge in [0, 0.05) is 38.1 Å². The zero-order valence-corrected chi connectivity index (χ0v) is 25.8. The van der Waals surface area contributed by atoms with Crippen LogP contribution in [0.2, 0.25) is 0 Å². The van der Waals surface area contributed by atoms with E-state index in [0.717, 1.165) is 26.1 Å². The van der Waals surface area contributed by atoms with E-state index >= 15 is 0 Å². The molecule has 1 atom stereocenters. The normalized spacial score (nSPS) is 14.4. The van der Waals surface area contributed by atoms with Gasteiger partial charge in [0.05, 0.1) is 30.5 Å². The highest BCUT2D eigenvalue weighted by atomic mass is 32.2. The first-order valence-electron chi connectivity index (χ1n) is 13.4. The Morgan fingerprint density at radius 1 is 0.829 bits per heavy atom. The van der Waals surface area contributed by atoms with Crippen LogP contribution in [0.15, 0.2) is 0 Å². The summed E-state index contributed by atoms with van der Waals surface area (Å²) < 4.78 is 28.5. The third-order valence-corrected chi connectivity index (χ3v) is 7.71. The van der Waals surface area contributed by atoms with E-state index in [1.807, 2.05) is 0 Å². The number of hydrogen-bond donors (Lipinski definition) is 0. The van der Waals surface area contributed by atoms with Crippen LogP contribution in [0.25, 0.3) is 0 Å². The van der Waals surface area contributed by atoms with Gasteiger partial charge < -0.3 is 28.4 Å². The lowest BCUT2D eigenvalue weighted by atomic mass is 9.97. The van der Waals surface area contributed by atoms with Gasteiger partial charge in [-0.2, -0.15) is 0 Å². The van der Waals surface area contributed by atoms with Crippen LogP contribution in [0.5, 0.6) is 0 Å². The van der Waals surface area contributed by atoms with Crippen molar-refractivity contribution in [2.75, 3.05) is 58.8 Å². The number of rotatable bonds is 18. The first-order valence-corrected chi connectivity index (χ1v) is 15.2. The Kier molecular flexibility index (Phi) is 18.3. The van der Waals surface area contributed by atoms with Crippen molar-refractivity contribution in [1.82, 2.24) is 4.90 Å². The third-order valence-electron chi connectivity index (χ3n) is 5.76. The van der Waals surface area contributed by atoms with Crippen LogP contribution in [0.4, 0.5) is 9.59 Å². The Morgan fingerprint density at radius 3 is 2.00 bits per heavy atom. The number of Topliss-reactive ketones (excluding diaryl/α,β-unsaturated/α-hetero) is 1. The van der Waals surface area contributed by atoms with Crippen LogP contribution >= 0.6 is 23.5 Å². The average Bonchev–Trinajstić information content (AvgIpc) is 2.94. The number of unbranched alkanes of at least 4 members (excludes halogenated alkanes) is 1. The minimum absolute atomic E-state index is 0.121. The molecule has 0 unspecified atom stereocenters. The van der Waals surface area contributed by atoms with Crippen molar-refractivity contribution in [1.29, 1.82) is 0 Å². The minimum Gasteiger partial charge on any atom is -0.465 e. The smallest absolute Gasteiger partial charge is 0.371 e. The molecule has 13 nitrogen and oxygen atoms in total. The number of esters is 3. The molecule has 0 aromatic carbocycles. The summed E-state index contributed by atoms with van der Waals surface area (Å²) in [4.78, 5) is 74.9. The monoisotopic (exact) mass is 623 g/mol. The summed E-state index contributed by atoms with van der Waals surface area (Å²) >= 11 is 1.23. The molecular formula is C26H41NO12S2. The van der Waals surface area contributed by atoms with Crippen molar-refractivity contribution in [3.63, 3.8) is 0 Å². The molecule has 0 bridgehead atoms. The number of morpholine rings is 1. The number of carbonyl (C=O) groups is 6. The van der Waals surface area contributed by atoms with E-state index in [-0.39, 0.29) is 31.6 Å². The number of hydrogen-bond acceptors (Lipinski definition) is 15. The molecule has 0 N–H and O–H groups in total. The number of ether oxygens (including phenoxy) is 6. The molecule has 0 amide bonds. The van der Waals surface area contributed by atoms with Crippen molar-refractivity contribution in [3.05, 3.63) is 0 Å². The van der Waals surface area contributed by atoms with Crippen LogP contribution in [-0.2, 0) is 47.6 Å². The molecule has 0 saturated carbocycles. The van der Waals surface area contributed by atoms with Gasteiger partial charge >= 0.3 is 28.5 Å². The Morgan fingerprint density at radius 2 is 1.41 bits per heavy atom. The van der Waals surface area contributed by atoms with E-state index in [1.165, 1.54) is 13.8 Å². The van der Waals surface area contributed by atoms with Crippen LogP contribution in [0.1, 0.15) is 59.8 Å². The highest BCUT2D eigenvalue weighted by Crippen LogP contribution is 2.31. The molecule has 0 spiro atoms. The van der Waals surface area contributed by atoms with Gasteiger partial charge in [0.1, 0.15) is 5.78 Å². The maximum Gasteiger partial charge on any atom is 0.371 e. The quantitative estimate of drug-likeness (QED) is 0.0942. The van der Waals surface area contributed by atoms with E-state index < -0.39 is 58.5 Å². The molecule has 1 heterocycles. The average molecular weight is 624 g/mol. The Labute approximate surface area is 249 Å². The molecule has 15 heteroatoms. The van der Waals surface area contributed by atoms with Gasteiger partial charge in [0.2, 0.25) is 13.6 Å². The van der Waals surface area contributed by atoms with Crippen molar-refractivity contribution in [3.8, 4) is 0 Å². The molecule has 1 aliphatic rings. The van der Waals surface area contributed by atoms with Gasteiger partial charge in [-0.25, -0.2) is 9.59 Å². The standard InChI is InChI=1S/C26H41NO12S2/c1-5-21(29)36-17-38-24(32)40-16-19(23(31)35-12-8-7-9-27-10-13-34-14-11-27)15-20(28)26(3,4)41-25(33)39-18-37-22(30)6-2/h19H,5-18H2,1-4H3/t19-/m0/s1. The molecule has 0 aromatic rings. The number of thioether (sulfide) groups is 2. The molecule has 0 aliphatic carbocycles. The summed E-state index contributed by atoms with van der Waals surface area (Å²) in [6.07, 6.45) is 1.37. The molecule has 234 valence electrons. The van der Waals surface area contributed by atoms with E-state index in [1.54, 1.807) is 13.8 Å². The lowest BCUT2D eigenvalue weighted by Crippen LogP contribution is -2.37. The van der Waals surface area contributed by atoms with Crippen LogP contribution in [0.3, 0.4) is 0 Å². The predicted octanol–water partition coefficient (Wildman–Crippen LogP) is 3.56. The van der Waals surface area contributed by atoms with Crippen molar-refractivity contribution >= 4 is 57.8 Å². The zero-order chi connectivity index (χ0) is 30.7. The second-order valence-electron chi connectivity index (χ2n) is 9.34. The summed E-state index contributed by atoms with van der Waals surface area (Å²) in [5.74, 6) is -3.32. The number of nitrogens with zero attached hydrogens (tertiary/aromatic N) is 1.